The first-order valence-corrected chi connectivity index (χ1v) is 5.24. The molecule has 6 heteroatoms. The topological polar surface area (TPSA) is 70.7 Å². The Morgan fingerprint density at radius 2 is 2.29 bits per heavy atom. The molecule has 1 aromatic rings. The zero-order chi connectivity index (χ0) is 12.3. The van der Waals surface area contributed by atoms with Gasteiger partial charge in [0.25, 0.3) is 0 Å². The van der Waals surface area contributed by atoms with Gasteiger partial charge in [-0.3, -0.25) is 0 Å². The summed E-state index contributed by atoms with van der Waals surface area (Å²) < 4.78 is 4.68. The monoisotopic (exact) mass is 235 g/mol. The molecule has 1 fully saturated rings. The van der Waals surface area contributed by atoms with Crippen LogP contribution in [0.4, 0.5) is 15.3 Å². The third-order valence-corrected chi connectivity index (χ3v) is 2.27. The number of hydrazine groups is 1. The average molecular weight is 235 g/mol. The summed E-state index contributed by atoms with van der Waals surface area (Å²) in [5.74, 6) is 0. The smallest absolute Gasteiger partial charge is 0.428 e. The van der Waals surface area contributed by atoms with E-state index in [1.165, 1.54) is 0 Å². The number of aryl methyl sites for hydroxylation is 1. The number of carbonyl (C=O) groups excluding carboxylic acids is 2. The molecular weight excluding hydrogens is 222 g/mol. The largest absolute Gasteiger partial charge is 0.446 e. The molecule has 2 N–H and O–H groups in total. The number of nitrogens with zero attached hydrogens (tertiary/aromatic N) is 1. The fourth-order valence-corrected chi connectivity index (χ4v) is 1.50. The van der Waals surface area contributed by atoms with Crippen LogP contribution in [0.25, 0.3) is 0 Å². The second kappa shape index (κ2) is 4.73. The van der Waals surface area contributed by atoms with E-state index in [9.17, 15) is 9.59 Å². The molecule has 1 aliphatic rings. The number of hydrogen-bond donors (Lipinski definition) is 2. The summed E-state index contributed by atoms with van der Waals surface area (Å²) in [6, 6.07) is 6.92. The van der Waals surface area contributed by atoms with Crippen LogP contribution in [0.15, 0.2) is 24.3 Å². The number of hydrogen-bond acceptors (Lipinski definition) is 3. The quantitative estimate of drug-likeness (QED) is 0.815. The van der Waals surface area contributed by atoms with E-state index in [4.69, 9.17) is 0 Å². The minimum atomic E-state index is -0.538. The zero-order valence-electron chi connectivity index (χ0n) is 9.40. The molecule has 1 aromatic carbocycles. The van der Waals surface area contributed by atoms with Crippen LogP contribution >= 0.6 is 0 Å². The van der Waals surface area contributed by atoms with Crippen molar-refractivity contribution in [3.05, 3.63) is 29.8 Å². The summed E-state index contributed by atoms with van der Waals surface area (Å²) in [5, 5.41) is 3.76. The molecule has 0 radical (unpaired) electrons. The molecule has 1 saturated heterocycles. The van der Waals surface area contributed by atoms with E-state index >= 15 is 0 Å². The zero-order valence-corrected chi connectivity index (χ0v) is 9.40. The Hall–Kier alpha value is -2.24. The summed E-state index contributed by atoms with van der Waals surface area (Å²) in [6.45, 7) is 2.59. The second-order valence-corrected chi connectivity index (χ2v) is 3.70. The first kappa shape index (κ1) is 11.3. The van der Waals surface area contributed by atoms with Gasteiger partial charge in [0, 0.05) is 5.69 Å². The molecule has 1 heterocycles. The fraction of sp³-hybridized carbons (Fsp3) is 0.273. The third kappa shape index (κ3) is 2.87. The van der Waals surface area contributed by atoms with Gasteiger partial charge in [-0.2, -0.15) is 0 Å². The van der Waals surface area contributed by atoms with Crippen molar-refractivity contribution < 1.29 is 14.3 Å². The molecule has 0 aliphatic carbocycles. The highest BCUT2D eigenvalue weighted by atomic mass is 16.6. The number of amides is 3. The van der Waals surface area contributed by atoms with Crippen LogP contribution in [0.2, 0.25) is 0 Å². The molecule has 0 spiro atoms. The Bertz CT molecular complexity index is 447. The Labute approximate surface area is 98.5 Å². The van der Waals surface area contributed by atoms with Gasteiger partial charge < -0.3 is 10.1 Å². The Balaban J connectivity index is 1.91. The predicted octanol–water partition coefficient (Wildman–Crippen LogP) is 1.48. The molecule has 0 atom stereocenters. The van der Waals surface area contributed by atoms with Gasteiger partial charge in [0.1, 0.15) is 6.61 Å². The van der Waals surface area contributed by atoms with E-state index in [-0.39, 0.29) is 0 Å². The van der Waals surface area contributed by atoms with E-state index < -0.39 is 12.1 Å². The highest BCUT2D eigenvalue weighted by Crippen LogP contribution is 2.09. The van der Waals surface area contributed by atoms with Gasteiger partial charge in [-0.1, -0.05) is 12.1 Å². The maximum absolute atomic E-state index is 11.6. The van der Waals surface area contributed by atoms with Gasteiger partial charge in [0.05, 0.1) is 6.54 Å². The Kier molecular flexibility index (Phi) is 3.13. The molecule has 90 valence electrons. The van der Waals surface area contributed by atoms with Crippen LogP contribution in [0, 0.1) is 6.92 Å². The van der Waals surface area contributed by atoms with Gasteiger partial charge in [-0.15, -0.1) is 0 Å². The minimum Gasteiger partial charge on any atom is -0.446 e. The number of urea groups is 1. The van der Waals surface area contributed by atoms with Gasteiger partial charge in [0.15, 0.2) is 0 Å². The molecule has 3 amide bonds. The third-order valence-electron chi connectivity index (χ3n) is 2.27. The maximum atomic E-state index is 11.6. The van der Waals surface area contributed by atoms with Crippen LogP contribution in [0.5, 0.6) is 0 Å². The van der Waals surface area contributed by atoms with Crippen LogP contribution in [0.3, 0.4) is 0 Å². The number of nitrogens with one attached hydrogen (secondary N) is 2. The first-order valence-electron chi connectivity index (χ1n) is 5.24. The van der Waals surface area contributed by atoms with Gasteiger partial charge >= 0.3 is 12.1 Å². The number of carbonyl (C=O) groups is 2. The standard InChI is InChI=1S/C11H13N3O3/c1-8-3-2-4-9(7-8)12-10(15)13-14-5-6-17-11(14)16/h2-4,7H,5-6H2,1H3,(H2,12,13,15). The van der Waals surface area contributed by atoms with Crippen molar-refractivity contribution >= 4 is 17.8 Å². The Morgan fingerprint density at radius 1 is 1.47 bits per heavy atom. The molecule has 0 saturated carbocycles. The maximum Gasteiger partial charge on any atom is 0.428 e. The summed E-state index contributed by atoms with van der Waals surface area (Å²) in [6.07, 6.45) is -0.538. The summed E-state index contributed by atoms with van der Waals surface area (Å²) in [5.41, 5.74) is 4.13. The number of anilines is 1. The number of rotatable bonds is 2. The average Bonchev–Trinajstić information content (AvgIpc) is 2.64. The highest BCUT2D eigenvalue weighted by Gasteiger charge is 2.23. The molecule has 2 rings (SSSR count). The molecule has 0 bridgehead atoms. The molecule has 0 aromatic heterocycles. The van der Waals surface area contributed by atoms with Crippen LogP contribution < -0.4 is 10.7 Å². The lowest BCUT2D eigenvalue weighted by molar-refractivity contribution is 0.147. The van der Waals surface area contributed by atoms with Crippen molar-refractivity contribution in [3.63, 3.8) is 0 Å². The summed E-state index contributed by atoms with van der Waals surface area (Å²) >= 11 is 0. The Morgan fingerprint density at radius 3 is 2.94 bits per heavy atom. The minimum absolute atomic E-state index is 0.295. The molecule has 17 heavy (non-hydrogen) atoms. The van der Waals surface area contributed by atoms with Gasteiger partial charge in [0.2, 0.25) is 0 Å². The summed E-state index contributed by atoms with van der Waals surface area (Å²) in [7, 11) is 0. The van der Waals surface area contributed by atoms with Gasteiger partial charge in [-0.05, 0) is 24.6 Å². The van der Waals surface area contributed by atoms with Crippen LogP contribution in [0.1, 0.15) is 5.56 Å². The van der Waals surface area contributed by atoms with E-state index in [1.54, 1.807) is 6.07 Å². The predicted molar refractivity (Wildman–Crippen MR) is 61.4 cm³/mol. The normalized spacial score (nSPS) is 14.4. The van der Waals surface area contributed by atoms with Crippen molar-refractivity contribution in [3.8, 4) is 0 Å². The van der Waals surface area contributed by atoms with Crippen molar-refractivity contribution in [2.45, 2.75) is 6.92 Å². The highest BCUT2D eigenvalue weighted by molar-refractivity contribution is 5.90. The van der Waals surface area contributed by atoms with E-state index in [0.717, 1.165) is 10.6 Å². The molecule has 1 aliphatic heterocycles. The van der Waals surface area contributed by atoms with Crippen molar-refractivity contribution in [1.29, 1.82) is 0 Å². The lowest BCUT2D eigenvalue weighted by Gasteiger charge is -2.14. The second-order valence-electron chi connectivity index (χ2n) is 3.70. The van der Waals surface area contributed by atoms with Crippen LogP contribution in [-0.2, 0) is 4.74 Å². The van der Waals surface area contributed by atoms with E-state index in [0.29, 0.717) is 18.8 Å². The number of cyclic esters (lactones) is 1. The lowest BCUT2D eigenvalue weighted by Crippen LogP contribution is -2.44. The van der Waals surface area contributed by atoms with Gasteiger partial charge in [-0.25, -0.2) is 20.0 Å². The van der Waals surface area contributed by atoms with Crippen LogP contribution in [-0.4, -0.2) is 30.3 Å². The number of benzene rings is 1. The van der Waals surface area contributed by atoms with Crippen molar-refractivity contribution in [2.24, 2.45) is 0 Å². The fourth-order valence-electron chi connectivity index (χ4n) is 1.50. The SMILES string of the molecule is Cc1cccc(NC(=O)NN2CCOC2=O)c1. The molecule has 0 unspecified atom stereocenters. The number of ether oxygens (including phenoxy) is 1. The van der Waals surface area contributed by atoms with Crippen molar-refractivity contribution in [1.82, 2.24) is 10.4 Å². The lowest BCUT2D eigenvalue weighted by atomic mass is 10.2. The van der Waals surface area contributed by atoms with Crippen molar-refractivity contribution in [2.75, 3.05) is 18.5 Å². The van der Waals surface area contributed by atoms with E-state index in [2.05, 4.69) is 15.5 Å². The van der Waals surface area contributed by atoms with E-state index in [1.807, 2.05) is 25.1 Å². The first-order chi connectivity index (χ1) is 8.15. The summed E-state index contributed by atoms with van der Waals surface area (Å²) in [4.78, 5) is 22.6. The molecular formula is C11H13N3O3. The molecule has 6 nitrogen and oxygen atoms in total.